The quantitative estimate of drug-likeness (QED) is 0.687. The third-order valence-electron chi connectivity index (χ3n) is 2.85. The number of nitrogens with one attached hydrogen (secondary N) is 1. The van der Waals surface area contributed by atoms with E-state index in [0.717, 1.165) is 4.90 Å². The fraction of sp³-hybridized carbons (Fsp3) is 0.385. The van der Waals surface area contributed by atoms with Crippen LogP contribution in [-0.2, 0) is 4.79 Å². The zero-order valence-corrected chi connectivity index (χ0v) is 12.3. The van der Waals surface area contributed by atoms with Gasteiger partial charge in [-0.3, -0.25) is 9.69 Å². The second-order valence-corrected chi connectivity index (χ2v) is 6.33. The Kier molecular flexibility index (Phi) is 4.06. The van der Waals surface area contributed by atoms with E-state index >= 15 is 0 Å². The first-order valence-corrected chi connectivity index (χ1v) is 7.29. The van der Waals surface area contributed by atoms with E-state index in [2.05, 4.69) is 5.32 Å². The maximum atomic E-state index is 12.0. The maximum Gasteiger partial charge on any atom is 0.325 e. The second-order valence-electron chi connectivity index (χ2n) is 4.79. The van der Waals surface area contributed by atoms with Crippen molar-refractivity contribution in [3.05, 3.63) is 29.3 Å². The van der Waals surface area contributed by atoms with Crippen LogP contribution in [0.2, 0.25) is 5.02 Å². The van der Waals surface area contributed by atoms with Crippen molar-refractivity contribution in [3.63, 3.8) is 0 Å². The lowest BCUT2D eigenvalue weighted by molar-refractivity contribution is -0.130. The molecule has 0 unspecified atom stereocenters. The van der Waals surface area contributed by atoms with Crippen LogP contribution in [0.3, 0.4) is 0 Å². The van der Waals surface area contributed by atoms with Crippen LogP contribution in [-0.4, -0.2) is 34.7 Å². The van der Waals surface area contributed by atoms with Crippen molar-refractivity contribution >= 4 is 35.3 Å². The molecule has 1 aromatic rings. The lowest BCUT2D eigenvalue weighted by Crippen LogP contribution is -2.40. The van der Waals surface area contributed by atoms with Gasteiger partial charge in [0, 0.05) is 17.2 Å². The summed E-state index contributed by atoms with van der Waals surface area (Å²) >= 11 is 7.57. The molecule has 1 aromatic carbocycles. The molecular formula is C13H15ClN2O2S. The molecular weight excluding hydrogens is 284 g/mol. The predicted molar refractivity (Wildman–Crippen MR) is 76.5 cm³/mol. The summed E-state index contributed by atoms with van der Waals surface area (Å²) in [6, 6.07) is 7.19. The number of thioether (sulfide) groups is 1. The number of halogens is 1. The Balaban J connectivity index is 1.92. The van der Waals surface area contributed by atoms with E-state index in [1.165, 1.54) is 16.7 Å². The van der Waals surface area contributed by atoms with Crippen LogP contribution < -0.4 is 5.32 Å². The topological polar surface area (TPSA) is 49.4 Å². The average molecular weight is 299 g/mol. The number of rotatable bonds is 4. The number of carbonyl (C=O) groups is 2. The van der Waals surface area contributed by atoms with Gasteiger partial charge in [0.05, 0.1) is 5.02 Å². The Morgan fingerprint density at radius 1 is 1.32 bits per heavy atom. The van der Waals surface area contributed by atoms with Gasteiger partial charge in [0.1, 0.15) is 5.54 Å². The molecule has 19 heavy (non-hydrogen) atoms. The molecule has 0 aliphatic carbocycles. The molecule has 1 aliphatic rings. The van der Waals surface area contributed by atoms with Crippen molar-refractivity contribution in [2.24, 2.45) is 0 Å². The van der Waals surface area contributed by atoms with Crippen molar-refractivity contribution in [2.45, 2.75) is 24.3 Å². The summed E-state index contributed by atoms with van der Waals surface area (Å²) in [7, 11) is 0. The number of benzene rings is 1. The van der Waals surface area contributed by atoms with Gasteiger partial charge in [0.25, 0.3) is 5.91 Å². The molecule has 6 heteroatoms. The number of carbonyl (C=O) groups excluding carboxylic acids is 2. The third kappa shape index (κ3) is 3.04. The first-order valence-electron chi connectivity index (χ1n) is 5.93. The first kappa shape index (κ1) is 14.2. The van der Waals surface area contributed by atoms with Crippen LogP contribution in [0, 0.1) is 0 Å². The van der Waals surface area contributed by atoms with Gasteiger partial charge >= 0.3 is 6.03 Å². The number of urea groups is 1. The van der Waals surface area contributed by atoms with Crippen LogP contribution >= 0.6 is 23.4 Å². The van der Waals surface area contributed by atoms with E-state index in [0.29, 0.717) is 17.3 Å². The first-order chi connectivity index (χ1) is 8.92. The third-order valence-corrected chi connectivity index (χ3v) is 4.35. The van der Waals surface area contributed by atoms with E-state index in [1.807, 2.05) is 24.3 Å². The Bertz CT molecular complexity index is 519. The highest BCUT2D eigenvalue weighted by Crippen LogP contribution is 2.27. The SMILES string of the molecule is CC1(C)NC(=O)N(CCSc2ccccc2Cl)C1=O. The summed E-state index contributed by atoms with van der Waals surface area (Å²) in [6.07, 6.45) is 0. The molecule has 2 rings (SSSR count). The molecule has 0 saturated carbocycles. The van der Waals surface area contributed by atoms with Crippen LogP contribution in [0.5, 0.6) is 0 Å². The molecule has 0 bridgehead atoms. The van der Waals surface area contributed by atoms with Crippen molar-refractivity contribution in [1.82, 2.24) is 10.2 Å². The average Bonchev–Trinajstić information content (AvgIpc) is 2.53. The van der Waals surface area contributed by atoms with Crippen LogP contribution in [0.25, 0.3) is 0 Å². The fourth-order valence-electron chi connectivity index (χ4n) is 1.83. The molecule has 1 aliphatic heterocycles. The van der Waals surface area contributed by atoms with Gasteiger partial charge in [-0.25, -0.2) is 4.79 Å². The number of nitrogens with zero attached hydrogens (tertiary/aromatic N) is 1. The second kappa shape index (κ2) is 5.43. The van der Waals surface area contributed by atoms with Crippen molar-refractivity contribution in [2.75, 3.05) is 12.3 Å². The summed E-state index contributed by atoms with van der Waals surface area (Å²) in [4.78, 5) is 25.8. The molecule has 1 heterocycles. The number of imide groups is 1. The lowest BCUT2D eigenvalue weighted by Gasteiger charge is -2.15. The van der Waals surface area contributed by atoms with Crippen LogP contribution in [0.15, 0.2) is 29.2 Å². The highest BCUT2D eigenvalue weighted by Gasteiger charge is 2.43. The summed E-state index contributed by atoms with van der Waals surface area (Å²) < 4.78 is 0. The normalized spacial score (nSPS) is 17.7. The van der Waals surface area contributed by atoms with Crippen molar-refractivity contribution < 1.29 is 9.59 Å². The van der Waals surface area contributed by atoms with Gasteiger partial charge in [-0.05, 0) is 26.0 Å². The van der Waals surface area contributed by atoms with Gasteiger partial charge in [-0.2, -0.15) is 0 Å². The van der Waals surface area contributed by atoms with E-state index in [9.17, 15) is 9.59 Å². The summed E-state index contributed by atoms with van der Waals surface area (Å²) in [5.74, 6) is 0.441. The summed E-state index contributed by atoms with van der Waals surface area (Å²) in [5, 5.41) is 3.34. The largest absolute Gasteiger partial charge is 0.325 e. The zero-order valence-electron chi connectivity index (χ0n) is 10.8. The molecule has 3 amide bonds. The van der Waals surface area contributed by atoms with Crippen molar-refractivity contribution in [1.29, 1.82) is 0 Å². The monoisotopic (exact) mass is 298 g/mol. The van der Waals surface area contributed by atoms with Crippen molar-refractivity contribution in [3.8, 4) is 0 Å². The Morgan fingerprint density at radius 2 is 2.00 bits per heavy atom. The predicted octanol–water partition coefficient (Wildman–Crippen LogP) is 2.76. The molecule has 0 atom stereocenters. The number of hydrogen-bond acceptors (Lipinski definition) is 3. The molecule has 4 nitrogen and oxygen atoms in total. The van der Waals surface area contributed by atoms with Crippen LogP contribution in [0.1, 0.15) is 13.8 Å². The minimum Gasteiger partial charge on any atom is -0.324 e. The minimum absolute atomic E-state index is 0.183. The Hall–Kier alpha value is -1.20. The van der Waals surface area contributed by atoms with Gasteiger partial charge < -0.3 is 5.32 Å². The van der Waals surface area contributed by atoms with E-state index in [4.69, 9.17) is 11.6 Å². The molecule has 1 N–H and O–H groups in total. The Labute approximate surface area is 121 Å². The zero-order chi connectivity index (χ0) is 14.0. The van der Waals surface area contributed by atoms with Gasteiger partial charge in [-0.1, -0.05) is 23.7 Å². The van der Waals surface area contributed by atoms with E-state index < -0.39 is 5.54 Å². The van der Waals surface area contributed by atoms with E-state index in [1.54, 1.807) is 13.8 Å². The maximum absolute atomic E-state index is 12.0. The summed E-state index contributed by atoms with van der Waals surface area (Å²) in [5.41, 5.74) is -0.799. The fourth-order valence-corrected chi connectivity index (χ4v) is 3.00. The van der Waals surface area contributed by atoms with Gasteiger partial charge in [0.2, 0.25) is 0 Å². The van der Waals surface area contributed by atoms with Crippen LogP contribution in [0.4, 0.5) is 4.79 Å². The standard InChI is InChI=1S/C13H15ClN2O2S/c1-13(2)11(17)16(12(18)15-13)7-8-19-10-6-4-3-5-9(10)14/h3-6H,7-8H2,1-2H3,(H,15,18). The molecule has 0 radical (unpaired) electrons. The minimum atomic E-state index is -0.799. The number of amides is 3. The van der Waals surface area contributed by atoms with Gasteiger partial charge in [-0.15, -0.1) is 11.8 Å². The molecule has 102 valence electrons. The van der Waals surface area contributed by atoms with Gasteiger partial charge in [0.15, 0.2) is 0 Å². The highest BCUT2D eigenvalue weighted by molar-refractivity contribution is 7.99. The molecule has 1 saturated heterocycles. The molecule has 1 fully saturated rings. The number of hydrogen-bond donors (Lipinski definition) is 1. The molecule has 0 aromatic heterocycles. The summed E-state index contributed by atoms with van der Waals surface area (Å²) in [6.45, 7) is 3.78. The lowest BCUT2D eigenvalue weighted by atomic mass is 10.1. The van der Waals surface area contributed by atoms with E-state index in [-0.39, 0.29) is 11.9 Å². The Morgan fingerprint density at radius 3 is 2.58 bits per heavy atom. The smallest absolute Gasteiger partial charge is 0.324 e. The highest BCUT2D eigenvalue weighted by atomic mass is 35.5. The molecule has 0 spiro atoms.